The van der Waals surface area contributed by atoms with Gasteiger partial charge in [0.1, 0.15) is 0 Å². The minimum absolute atomic E-state index is 0.318. The lowest BCUT2D eigenvalue weighted by molar-refractivity contribution is 0.208. The van der Waals surface area contributed by atoms with Crippen LogP contribution in [0.5, 0.6) is 0 Å². The fourth-order valence-electron chi connectivity index (χ4n) is 0.872. The van der Waals surface area contributed by atoms with Crippen molar-refractivity contribution in [2.45, 2.75) is 13.0 Å². The van der Waals surface area contributed by atoms with E-state index in [-0.39, 0.29) is 6.10 Å². The summed E-state index contributed by atoms with van der Waals surface area (Å²) in [5.41, 5.74) is 1.04. The van der Waals surface area contributed by atoms with Gasteiger partial charge in [-0.3, -0.25) is 0 Å². The molecule has 0 radical (unpaired) electrons. The van der Waals surface area contributed by atoms with Crippen LogP contribution in [0, 0.1) is 3.57 Å². The van der Waals surface area contributed by atoms with E-state index in [4.69, 9.17) is 5.11 Å². The van der Waals surface area contributed by atoms with Gasteiger partial charge in [-0.25, -0.2) is 0 Å². The molecule has 0 spiro atoms. The fourth-order valence-corrected chi connectivity index (χ4v) is 1.63. The fraction of sp³-hybridized carbons (Fsp3) is 0.333. The van der Waals surface area contributed by atoms with Gasteiger partial charge in [-0.15, -0.1) is 0 Å². The summed E-state index contributed by atoms with van der Waals surface area (Å²) in [5.74, 6) is 0. The van der Waals surface area contributed by atoms with Crippen molar-refractivity contribution in [2.24, 2.45) is 0 Å². The summed E-state index contributed by atoms with van der Waals surface area (Å²) in [6, 6.07) is 6.01. The Morgan fingerprint density at radius 2 is 2.31 bits per heavy atom. The Labute approximate surface area is 100.0 Å². The Hall–Kier alpha value is 0.190. The largest absolute Gasteiger partial charge is 0.392 e. The second-order valence-electron chi connectivity index (χ2n) is 2.86. The monoisotopic (exact) mass is 355 g/mol. The number of nitrogens with one attached hydrogen (secondary N) is 1. The first-order chi connectivity index (χ1) is 6.09. The van der Waals surface area contributed by atoms with Gasteiger partial charge < -0.3 is 10.4 Å². The minimum Gasteiger partial charge on any atom is -0.392 e. The third kappa shape index (κ3) is 3.83. The molecule has 1 rings (SSSR count). The summed E-state index contributed by atoms with van der Waals surface area (Å²) in [6.07, 6.45) is -0.318. The van der Waals surface area contributed by atoms with Gasteiger partial charge in [-0.1, -0.05) is 0 Å². The van der Waals surface area contributed by atoms with Crippen LogP contribution >= 0.6 is 38.5 Å². The topological polar surface area (TPSA) is 32.3 Å². The lowest BCUT2D eigenvalue weighted by Gasteiger charge is -2.08. The van der Waals surface area contributed by atoms with E-state index in [0.29, 0.717) is 6.54 Å². The lowest BCUT2D eigenvalue weighted by Crippen LogP contribution is -2.15. The van der Waals surface area contributed by atoms with Gasteiger partial charge in [-0.2, -0.15) is 0 Å². The van der Waals surface area contributed by atoms with Crippen molar-refractivity contribution in [1.29, 1.82) is 0 Å². The van der Waals surface area contributed by atoms with E-state index in [1.54, 1.807) is 6.92 Å². The maximum atomic E-state index is 9.06. The molecule has 0 saturated heterocycles. The van der Waals surface area contributed by atoms with E-state index in [0.717, 1.165) is 13.7 Å². The third-order valence-electron chi connectivity index (χ3n) is 1.52. The maximum Gasteiger partial charge on any atom is 0.0684 e. The average molecular weight is 356 g/mol. The molecule has 0 unspecified atom stereocenters. The van der Waals surface area contributed by atoms with Crippen LogP contribution in [0.2, 0.25) is 0 Å². The third-order valence-corrected chi connectivity index (χ3v) is 3.85. The van der Waals surface area contributed by atoms with Crippen LogP contribution in [0.1, 0.15) is 6.92 Å². The predicted molar refractivity (Wildman–Crippen MR) is 67.0 cm³/mol. The van der Waals surface area contributed by atoms with Crippen LogP contribution in [-0.4, -0.2) is 17.8 Å². The van der Waals surface area contributed by atoms with Gasteiger partial charge in [0.25, 0.3) is 0 Å². The van der Waals surface area contributed by atoms with Crippen LogP contribution in [0.15, 0.2) is 22.7 Å². The molecule has 4 heteroatoms. The van der Waals surface area contributed by atoms with Crippen molar-refractivity contribution in [1.82, 2.24) is 0 Å². The van der Waals surface area contributed by atoms with Crippen molar-refractivity contribution < 1.29 is 5.11 Å². The van der Waals surface area contributed by atoms with E-state index in [1.807, 2.05) is 18.2 Å². The number of rotatable bonds is 3. The molecule has 0 heterocycles. The van der Waals surface area contributed by atoms with E-state index in [9.17, 15) is 0 Å². The van der Waals surface area contributed by atoms with Crippen molar-refractivity contribution in [3.63, 3.8) is 0 Å². The summed E-state index contributed by atoms with van der Waals surface area (Å²) >= 11 is 5.68. The van der Waals surface area contributed by atoms with Gasteiger partial charge in [0, 0.05) is 20.3 Å². The number of aliphatic hydroxyl groups excluding tert-OH is 1. The van der Waals surface area contributed by atoms with E-state index >= 15 is 0 Å². The first-order valence-corrected chi connectivity index (χ1v) is 5.84. The number of hydrogen-bond acceptors (Lipinski definition) is 2. The molecule has 0 aliphatic heterocycles. The van der Waals surface area contributed by atoms with Crippen molar-refractivity contribution >= 4 is 44.2 Å². The molecule has 2 N–H and O–H groups in total. The van der Waals surface area contributed by atoms with Crippen LogP contribution in [-0.2, 0) is 0 Å². The lowest BCUT2D eigenvalue weighted by atomic mass is 10.3. The molecule has 0 fully saturated rings. The van der Waals surface area contributed by atoms with E-state index in [2.05, 4.69) is 43.8 Å². The van der Waals surface area contributed by atoms with E-state index in [1.165, 1.54) is 0 Å². The molecule has 2 nitrogen and oxygen atoms in total. The second kappa shape index (κ2) is 5.17. The highest BCUT2D eigenvalue weighted by Crippen LogP contribution is 2.22. The highest BCUT2D eigenvalue weighted by molar-refractivity contribution is 14.1. The molecular formula is C9H11BrINO. The Balaban J connectivity index is 2.63. The van der Waals surface area contributed by atoms with Gasteiger partial charge in [-0.05, 0) is 63.6 Å². The summed E-state index contributed by atoms with van der Waals surface area (Å²) in [4.78, 5) is 0. The highest BCUT2D eigenvalue weighted by Gasteiger charge is 1.99. The minimum atomic E-state index is -0.318. The molecule has 1 aromatic carbocycles. The summed E-state index contributed by atoms with van der Waals surface area (Å²) < 4.78 is 2.25. The molecule has 72 valence electrons. The molecule has 0 amide bonds. The van der Waals surface area contributed by atoms with Gasteiger partial charge >= 0.3 is 0 Å². The molecule has 0 aliphatic rings. The zero-order chi connectivity index (χ0) is 9.84. The molecule has 1 atom stereocenters. The second-order valence-corrected chi connectivity index (χ2v) is 4.88. The molecule has 0 saturated carbocycles. The highest BCUT2D eigenvalue weighted by atomic mass is 127. The Bertz CT molecular complexity index is 291. The quantitative estimate of drug-likeness (QED) is 0.817. The molecule has 1 aromatic rings. The van der Waals surface area contributed by atoms with Crippen LogP contribution in [0.25, 0.3) is 0 Å². The number of aliphatic hydroxyl groups is 1. The van der Waals surface area contributed by atoms with Gasteiger partial charge in [0.15, 0.2) is 0 Å². The number of halogens is 2. The van der Waals surface area contributed by atoms with Crippen LogP contribution in [0.3, 0.4) is 0 Å². The molecule has 0 bridgehead atoms. The van der Waals surface area contributed by atoms with Gasteiger partial charge in [0.2, 0.25) is 0 Å². The number of hydrogen-bond donors (Lipinski definition) is 2. The summed E-state index contributed by atoms with van der Waals surface area (Å²) in [5, 5.41) is 12.2. The number of benzene rings is 1. The molecule has 13 heavy (non-hydrogen) atoms. The first-order valence-electron chi connectivity index (χ1n) is 3.96. The Kier molecular flexibility index (Phi) is 4.48. The van der Waals surface area contributed by atoms with Gasteiger partial charge in [0.05, 0.1) is 6.10 Å². The average Bonchev–Trinajstić information content (AvgIpc) is 2.07. The van der Waals surface area contributed by atoms with Crippen molar-refractivity contribution in [2.75, 3.05) is 11.9 Å². The SMILES string of the molecule is C[C@@H](O)CNc1ccc(Br)c(I)c1. The molecule has 0 aromatic heterocycles. The first kappa shape index (κ1) is 11.3. The van der Waals surface area contributed by atoms with E-state index < -0.39 is 0 Å². The van der Waals surface area contributed by atoms with Crippen molar-refractivity contribution in [3.8, 4) is 0 Å². The normalized spacial score (nSPS) is 12.6. The summed E-state index contributed by atoms with van der Waals surface area (Å²) in [6.45, 7) is 2.34. The standard InChI is InChI=1S/C9H11BrINO/c1-6(13)5-12-7-2-3-8(10)9(11)4-7/h2-4,6,12-13H,5H2,1H3/t6-/m1/s1. The maximum absolute atomic E-state index is 9.06. The predicted octanol–water partition coefficient (Wildman–Crippen LogP) is 2.85. The zero-order valence-corrected chi connectivity index (χ0v) is 11.0. The number of anilines is 1. The molecule has 0 aliphatic carbocycles. The summed E-state index contributed by atoms with van der Waals surface area (Å²) in [7, 11) is 0. The zero-order valence-electron chi connectivity index (χ0n) is 7.22. The Morgan fingerprint density at radius 1 is 1.62 bits per heavy atom. The smallest absolute Gasteiger partial charge is 0.0684 e. The molecular weight excluding hydrogens is 345 g/mol. The van der Waals surface area contributed by atoms with Crippen molar-refractivity contribution in [3.05, 3.63) is 26.2 Å². The van der Waals surface area contributed by atoms with Crippen LogP contribution in [0.4, 0.5) is 5.69 Å². The van der Waals surface area contributed by atoms with Crippen LogP contribution < -0.4 is 5.32 Å². The Morgan fingerprint density at radius 3 is 2.85 bits per heavy atom.